The van der Waals surface area contributed by atoms with E-state index in [0.717, 1.165) is 11.1 Å². The van der Waals surface area contributed by atoms with Crippen molar-refractivity contribution in [1.82, 2.24) is 14.9 Å². The maximum atomic E-state index is 12.8. The third-order valence-corrected chi connectivity index (χ3v) is 6.10. The van der Waals surface area contributed by atoms with E-state index in [0.29, 0.717) is 5.82 Å². The highest BCUT2D eigenvalue weighted by molar-refractivity contribution is 5.79. The summed E-state index contributed by atoms with van der Waals surface area (Å²) in [7, 11) is 0. The van der Waals surface area contributed by atoms with Crippen molar-refractivity contribution in [1.29, 1.82) is 0 Å². The number of likely N-dealkylation sites (tertiary alicyclic amines) is 1. The molecule has 2 unspecified atom stereocenters. The lowest BCUT2D eigenvalue weighted by Crippen LogP contribution is -2.31. The number of benzene rings is 2. The van der Waals surface area contributed by atoms with Gasteiger partial charge in [-0.1, -0.05) is 48.5 Å². The van der Waals surface area contributed by atoms with Gasteiger partial charge in [0.2, 0.25) is 0 Å². The zero-order chi connectivity index (χ0) is 20.7. The highest BCUT2D eigenvalue weighted by Gasteiger charge is 2.42. The summed E-state index contributed by atoms with van der Waals surface area (Å²) >= 11 is 0. The van der Waals surface area contributed by atoms with E-state index in [2.05, 4.69) is 34.2 Å². The van der Waals surface area contributed by atoms with Crippen molar-refractivity contribution in [3.8, 4) is 11.1 Å². The van der Waals surface area contributed by atoms with E-state index in [4.69, 9.17) is 4.74 Å². The molecule has 152 valence electrons. The number of nitrogens with one attached hydrogen (secondary N) is 1. The maximum Gasteiger partial charge on any atom is 0.409 e. The van der Waals surface area contributed by atoms with Crippen molar-refractivity contribution in [2.75, 3.05) is 19.7 Å². The average Bonchev–Trinajstić information content (AvgIpc) is 3.49. The Balaban J connectivity index is 1.32. The first-order chi connectivity index (χ1) is 14.6. The van der Waals surface area contributed by atoms with Gasteiger partial charge in [0.15, 0.2) is 0 Å². The summed E-state index contributed by atoms with van der Waals surface area (Å²) in [6, 6.07) is 16.3. The molecule has 5 rings (SSSR count). The largest absolute Gasteiger partial charge is 0.481 e. The number of amides is 1. The van der Waals surface area contributed by atoms with Gasteiger partial charge >= 0.3 is 12.1 Å². The van der Waals surface area contributed by atoms with Crippen molar-refractivity contribution in [3.05, 3.63) is 77.9 Å². The molecule has 2 aromatic carbocycles. The van der Waals surface area contributed by atoms with Gasteiger partial charge in [0.05, 0.1) is 5.92 Å². The Labute approximate surface area is 173 Å². The predicted molar refractivity (Wildman–Crippen MR) is 109 cm³/mol. The molecular formula is C23H21N3O4. The van der Waals surface area contributed by atoms with Gasteiger partial charge in [-0.15, -0.1) is 0 Å². The summed E-state index contributed by atoms with van der Waals surface area (Å²) in [5, 5.41) is 9.58. The van der Waals surface area contributed by atoms with E-state index in [1.807, 2.05) is 24.3 Å². The number of imidazole rings is 1. The molecule has 7 heteroatoms. The summed E-state index contributed by atoms with van der Waals surface area (Å²) < 4.78 is 5.68. The zero-order valence-corrected chi connectivity index (χ0v) is 16.2. The lowest BCUT2D eigenvalue weighted by atomic mass is 9.96. The number of fused-ring (bicyclic) bond motifs is 3. The third kappa shape index (κ3) is 3.03. The van der Waals surface area contributed by atoms with Crippen LogP contribution in [0.1, 0.15) is 28.8 Å². The predicted octanol–water partition coefficient (Wildman–Crippen LogP) is 3.46. The Kier molecular flexibility index (Phi) is 4.50. The molecule has 0 saturated carbocycles. The van der Waals surface area contributed by atoms with E-state index in [9.17, 15) is 14.7 Å². The lowest BCUT2D eigenvalue weighted by Gasteiger charge is -2.19. The van der Waals surface area contributed by atoms with Crippen LogP contribution in [0, 0.1) is 5.92 Å². The van der Waals surface area contributed by atoms with Crippen LogP contribution < -0.4 is 0 Å². The van der Waals surface area contributed by atoms with Gasteiger partial charge in [0.25, 0.3) is 0 Å². The highest BCUT2D eigenvalue weighted by Crippen LogP contribution is 2.44. The number of nitrogens with zero attached hydrogens (tertiary/aromatic N) is 2. The van der Waals surface area contributed by atoms with Gasteiger partial charge in [-0.05, 0) is 22.3 Å². The zero-order valence-electron chi connectivity index (χ0n) is 16.2. The first-order valence-electron chi connectivity index (χ1n) is 9.95. The molecule has 1 aliphatic heterocycles. The van der Waals surface area contributed by atoms with Crippen molar-refractivity contribution in [3.63, 3.8) is 0 Å². The Hall–Kier alpha value is -3.61. The van der Waals surface area contributed by atoms with Crippen LogP contribution in [-0.2, 0) is 9.53 Å². The Morgan fingerprint density at radius 3 is 2.33 bits per heavy atom. The van der Waals surface area contributed by atoms with Gasteiger partial charge in [-0.3, -0.25) is 4.79 Å². The number of aliphatic carboxylic acids is 1. The monoisotopic (exact) mass is 403 g/mol. The number of carboxylic acid groups (broad SMARTS) is 1. The average molecular weight is 403 g/mol. The molecule has 2 heterocycles. The third-order valence-electron chi connectivity index (χ3n) is 6.10. The Bertz CT molecular complexity index is 1050. The normalized spacial score (nSPS) is 20.1. The second-order valence-corrected chi connectivity index (χ2v) is 7.73. The van der Waals surface area contributed by atoms with Crippen LogP contribution in [-0.4, -0.2) is 51.7 Å². The molecule has 0 spiro atoms. The van der Waals surface area contributed by atoms with E-state index in [1.165, 1.54) is 16.0 Å². The van der Waals surface area contributed by atoms with Crippen molar-refractivity contribution < 1.29 is 19.4 Å². The van der Waals surface area contributed by atoms with Crippen LogP contribution in [0.15, 0.2) is 60.9 Å². The molecule has 2 atom stereocenters. The summed E-state index contributed by atoms with van der Waals surface area (Å²) in [5.41, 5.74) is 4.62. The molecule has 1 amide bonds. The van der Waals surface area contributed by atoms with Gasteiger partial charge in [0, 0.05) is 37.3 Å². The molecule has 0 bridgehead atoms. The fraction of sp³-hybridized carbons (Fsp3) is 0.261. The molecule has 3 aromatic rings. The molecule has 1 fully saturated rings. The van der Waals surface area contributed by atoms with Gasteiger partial charge in [0.1, 0.15) is 12.4 Å². The first kappa shape index (κ1) is 18.4. The number of ether oxygens (including phenoxy) is 1. The number of rotatable bonds is 4. The minimum absolute atomic E-state index is 0.0277. The van der Waals surface area contributed by atoms with Gasteiger partial charge < -0.3 is 19.7 Å². The smallest absolute Gasteiger partial charge is 0.409 e. The number of H-pyrrole nitrogens is 1. The summed E-state index contributed by atoms with van der Waals surface area (Å²) in [4.78, 5) is 33.1. The highest BCUT2D eigenvalue weighted by atomic mass is 16.6. The SMILES string of the molecule is O=C(O)C1CN(C(=O)OCC2c3ccccc3-c3ccccc32)CC1c1ncc[nH]1. The van der Waals surface area contributed by atoms with Crippen LogP contribution in [0.2, 0.25) is 0 Å². The summed E-state index contributed by atoms with van der Waals surface area (Å²) in [5.74, 6) is -1.48. The van der Waals surface area contributed by atoms with E-state index in [1.54, 1.807) is 12.4 Å². The number of aromatic nitrogens is 2. The molecule has 1 aliphatic carbocycles. The molecular weight excluding hydrogens is 382 g/mol. The minimum atomic E-state index is -0.939. The second-order valence-electron chi connectivity index (χ2n) is 7.73. The number of aromatic amines is 1. The number of hydrogen-bond donors (Lipinski definition) is 2. The topological polar surface area (TPSA) is 95.5 Å². The summed E-state index contributed by atoms with van der Waals surface area (Å²) in [6.07, 6.45) is 2.76. The number of hydrogen-bond acceptors (Lipinski definition) is 4. The van der Waals surface area contributed by atoms with E-state index in [-0.39, 0.29) is 31.5 Å². The fourth-order valence-electron chi connectivity index (χ4n) is 4.65. The molecule has 1 saturated heterocycles. The molecule has 30 heavy (non-hydrogen) atoms. The van der Waals surface area contributed by atoms with E-state index >= 15 is 0 Å². The van der Waals surface area contributed by atoms with Gasteiger partial charge in [-0.25, -0.2) is 9.78 Å². The van der Waals surface area contributed by atoms with Crippen molar-refractivity contribution in [2.45, 2.75) is 11.8 Å². The van der Waals surface area contributed by atoms with Crippen molar-refractivity contribution in [2.24, 2.45) is 5.92 Å². The number of carboxylic acids is 1. The molecule has 2 aliphatic rings. The molecule has 7 nitrogen and oxygen atoms in total. The van der Waals surface area contributed by atoms with Gasteiger partial charge in [-0.2, -0.15) is 0 Å². The number of carbonyl (C=O) groups excluding carboxylic acids is 1. The number of carbonyl (C=O) groups is 2. The van der Waals surface area contributed by atoms with Crippen molar-refractivity contribution >= 4 is 12.1 Å². The minimum Gasteiger partial charge on any atom is -0.481 e. The van der Waals surface area contributed by atoms with E-state index < -0.39 is 18.0 Å². The lowest BCUT2D eigenvalue weighted by molar-refractivity contribution is -0.141. The standard InChI is InChI=1S/C23H21N3O4/c27-22(28)19-12-26(11-18(19)21-24-9-10-25-21)23(29)30-13-20-16-7-3-1-5-14(16)15-6-2-4-8-17(15)20/h1-10,18-20H,11-13H2,(H,24,25)(H,27,28). The molecule has 1 aromatic heterocycles. The molecule has 2 N–H and O–H groups in total. The fourth-order valence-corrected chi connectivity index (χ4v) is 4.65. The Morgan fingerprint density at radius 2 is 1.73 bits per heavy atom. The van der Waals surface area contributed by atoms with Crippen LogP contribution in [0.25, 0.3) is 11.1 Å². The van der Waals surface area contributed by atoms with Crippen LogP contribution in [0.3, 0.4) is 0 Å². The second kappa shape index (κ2) is 7.33. The summed E-state index contributed by atoms with van der Waals surface area (Å²) in [6.45, 7) is 0.588. The molecule has 0 radical (unpaired) electrons. The van der Waals surface area contributed by atoms with Crippen LogP contribution in [0.4, 0.5) is 4.79 Å². The first-order valence-corrected chi connectivity index (χ1v) is 9.95. The maximum absolute atomic E-state index is 12.8. The Morgan fingerprint density at radius 1 is 1.07 bits per heavy atom. The quantitative estimate of drug-likeness (QED) is 0.696. The van der Waals surface area contributed by atoms with Crippen LogP contribution >= 0.6 is 0 Å². The van der Waals surface area contributed by atoms with Crippen LogP contribution in [0.5, 0.6) is 0 Å².